The molecular formula is C33H35FN3NaO7S. The van der Waals surface area contributed by atoms with Crippen LogP contribution in [0.15, 0.2) is 83.8 Å². The minimum atomic E-state index is -4.04. The molecule has 1 heterocycles. The number of carbonyl (C=O) groups is 2. The number of amides is 1. The second-order valence-corrected chi connectivity index (χ2v) is 12.6. The first kappa shape index (κ1) is 37.1. The first-order valence-corrected chi connectivity index (χ1v) is 15.9. The molecule has 0 aliphatic heterocycles. The summed E-state index contributed by atoms with van der Waals surface area (Å²) in [7, 11) is -4.04. The van der Waals surface area contributed by atoms with E-state index in [-0.39, 0.29) is 71.1 Å². The van der Waals surface area contributed by atoms with Gasteiger partial charge in [-0.15, -0.1) is 0 Å². The Morgan fingerprint density at radius 3 is 2.15 bits per heavy atom. The van der Waals surface area contributed by atoms with Crippen LogP contribution in [0.2, 0.25) is 0 Å². The number of nitrogens with one attached hydrogen (secondary N) is 1. The van der Waals surface area contributed by atoms with Crippen molar-refractivity contribution < 1.29 is 67.3 Å². The smallest absolute Gasteiger partial charge is 0.550 e. The van der Waals surface area contributed by atoms with E-state index in [9.17, 15) is 37.7 Å². The molecule has 5 N–H and O–H groups in total. The Hall–Kier alpha value is -3.36. The number of carbonyl (C=O) groups excluding carboxylic acids is 2. The van der Waals surface area contributed by atoms with Crippen molar-refractivity contribution in [1.82, 2.24) is 4.57 Å². The van der Waals surface area contributed by atoms with Crippen LogP contribution in [0.3, 0.4) is 0 Å². The number of aromatic nitrogens is 1. The largest absolute Gasteiger partial charge is 1.00 e. The number of hydrogen-bond donors (Lipinski definition) is 4. The van der Waals surface area contributed by atoms with Crippen LogP contribution in [0.1, 0.15) is 55.3 Å². The van der Waals surface area contributed by atoms with Crippen LogP contribution in [0.4, 0.5) is 10.1 Å². The van der Waals surface area contributed by atoms with Gasteiger partial charge in [0.1, 0.15) is 11.5 Å². The number of anilines is 1. The molecule has 13 heteroatoms. The van der Waals surface area contributed by atoms with Crippen LogP contribution in [-0.2, 0) is 21.2 Å². The van der Waals surface area contributed by atoms with E-state index in [0.717, 1.165) is 0 Å². The van der Waals surface area contributed by atoms with Gasteiger partial charge in [0.15, 0.2) is 0 Å². The number of primary sulfonamides is 1. The zero-order valence-electron chi connectivity index (χ0n) is 25.8. The third kappa shape index (κ3) is 9.13. The van der Waals surface area contributed by atoms with Crippen molar-refractivity contribution in [2.24, 2.45) is 5.14 Å². The van der Waals surface area contributed by atoms with Gasteiger partial charge in [0.2, 0.25) is 10.0 Å². The molecule has 0 fully saturated rings. The average Bonchev–Trinajstić information content (AvgIpc) is 3.32. The van der Waals surface area contributed by atoms with Crippen LogP contribution in [0.25, 0.3) is 22.3 Å². The molecule has 1 amide bonds. The van der Waals surface area contributed by atoms with Gasteiger partial charge in [-0.1, -0.05) is 48.5 Å². The van der Waals surface area contributed by atoms with E-state index in [0.29, 0.717) is 27.9 Å². The molecule has 1 aromatic heterocycles. The number of hydrogen-bond acceptors (Lipinski definition) is 7. The number of benzene rings is 3. The predicted octanol–water partition coefficient (Wildman–Crippen LogP) is 0.630. The third-order valence-corrected chi connectivity index (χ3v) is 8.23. The zero-order valence-corrected chi connectivity index (χ0v) is 28.6. The van der Waals surface area contributed by atoms with E-state index >= 15 is 0 Å². The molecular weight excluding hydrogens is 624 g/mol. The fourth-order valence-electron chi connectivity index (χ4n) is 5.44. The number of nitrogens with zero attached hydrogens (tertiary/aromatic N) is 1. The second-order valence-electron chi connectivity index (χ2n) is 11.1. The molecule has 2 atom stereocenters. The maximum atomic E-state index is 14.2. The Labute approximate surface area is 289 Å². The molecule has 0 aliphatic rings. The minimum Gasteiger partial charge on any atom is -0.550 e. The Bertz CT molecular complexity index is 1780. The molecule has 0 saturated heterocycles. The molecule has 4 rings (SSSR count). The second kappa shape index (κ2) is 16.0. The molecule has 0 unspecified atom stereocenters. The standard InChI is InChI=1S/C33H36FN3O7S.Na/c1-20(2)37-28(16-15-25(38)18-26(39)19-29(40)41)30(22-11-13-23(34)14-12-22)31(21-7-4-3-5-8-21)32(37)33(42)36-24-9-6-10-27(17-24)45(35,43)44;/h3-14,17,20,25-26,38-39H,15-16,18-19H2,1-2H3,(H,36,42)(H,40,41)(H2,35,43,44);/q;+1/p-1/t25-,26-;/m1./s1. The van der Waals surface area contributed by atoms with Gasteiger partial charge in [0.25, 0.3) is 5.91 Å². The Kier molecular flexibility index (Phi) is 12.9. The van der Waals surface area contributed by atoms with Crippen molar-refractivity contribution in [1.29, 1.82) is 0 Å². The van der Waals surface area contributed by atoms with E-state index in [4.69, 9.17) is 5.14 Å². The van der Waals surface area contributed by atoms with Crippen molar-refractivity contribution in [2.75, 3.05) is 5.32 Å². The third-order valence-electron chi connectivity index (χ3n) is 7.32. The van der Waals surface area contributed by atoms with Gasteiger partial charge in [-0.2, -0.15) is 0 Å². The van der Waals surface area contributed by atoms with Crippen molar-refractivity contribution in [2.45, 2.75) is 62.7 Å². The summed E-state index contributed by atoms with van der Waals surface area (Å²) in [5.74, 6) is -2.43. The summed E-state index contributed by atoms with van der Waals surface area (Å²) >= 11 is 0. The van der Waals surface area contributed by atoms with Crippen molar-refractivity contribution >= 4 is 27.6 Å². The number of halogens is 1. The molecule has 46 heavy (non-hydrogen) atoms. The molecule has 0 saturated carbocycles. The molecule has 3 aromatic carbocycles. The summed E-state index contributed by atoms with van der Waals surface area (Å²) in [6, 6.07) is 20.2. The van der Waals surface area contributed by atoms with Gasteiger partial charge < -0.3 is 30.0 Å². The molecule has 0 radical (unpaired) electrons. The summed E-state index contributed by atoms with van der Waals surface area (Å²) in [5.41, 5.74) is 3.56. The number of aliphatic carboxylic acids is 1. The first-order valence-electron chi connectivity index (χ1n) is 14.3. The Balaban J connectivity index is 0.00000576. The minimum absolute atomic E-state index is 0. The molecule has 0 aliphatic carbocycles. The maximum absolute atomic E-state index is 14.2. The summed E-state index contributed by atoms with van der Waals surface area (Å²) in [6.07, 6.45) is -2.86. The zero-order chi connectivity index (χ0) is 32.9. The van der Waals surface area contributed by atoms with Crippen LogP contribution in [-0.4, -0.2) is 47.3 Å². The molecule has 10 nitrogen and oxygen atoms in total. The molecule has 238 valence electrons. The topological polar surface area (TPSA) is 175 Å². The number of nitrogens with two attached hydrogens (primary N) is 1. The average molecular weight is 660 g/mol. The summed E-state index contributed by atoms with van der Waals surface area (Å²) in [6.45, 7) is 3.76. The summed E-state index contributed by atoms with van der Waals surface area (Å²) < 4.78 is 39.8. The van der Waals surface area contributed by atoms with Crippen LogP contribution in [0.5, 0.6) is 0 Å². The quantitative estimate of drug-likeness (QED) is 0.152. The SMILES string of the molecule is CC(C)n1c(CC[C@@H](O)C[C@@H](O)CC(=O)[O-])c(-c2ccc(F)cc2)c(-c2ccccc2)c1C(=O)Nc1cccc(S(N)(=O)=O)c1.[Na+]. The number of aliphatic hydroxyl groups excluding tert-OH is 2. The maximum Gasteiger partial charge on any atom is 1.00 e. The van der Waals surface area contributed by atoms with Crippen molar-refractivity contribution in [3.63, 3.8) is 0 Å². The normalized spacial score (nSPS) is 12.8. The Morgan fingerprint density at radius 1 is 0.935 bits per heavy atom. The van der Waals surface area contributed by atoms with E-state index in [1.165, 1.54) is 36.4 Å². The predicted molar refractivity (Wildman–Crippen MR) is 166 cm³/mol. The fraction of sp³-hybridized carbons (Fsp3) is 0.273. The van der Waals surface area contributed by atoms with Crippen molar-refractivity contribution in [3.8, 4) is 22.3 Å². The van der Waals surface area contributed by atoms with Gasteiger partial charge in [-0.25, -0.2) is 17.9 Å². The molecule has 0 spiro atoms. The number of aliphatic hydroxyl groups is 2. The van der Waals surface area contributed by atoms with E-state index in [1.807, 2.05) is 48.7 Å². The number of carboxylic acids is 1. The number of rotatable bonds is 13. The van der Waals surface area contributed by atoms with Gasteiger partial charge in [-0.3, -0.25) is 4.79 Å². The van der Waals surface area contributed by atoms with Gasteiger partial charge in [0, 0.05) is 40.9 Å². The number of carboxylic acid groups (broad SMARTS) is 1. The van der Waals surface area contributed by atoms with Crippen molar-refractivity contribution in [3.05, 3.63) is 96.1 Å². The van der Waals surface area contributed by atoms with Crippen LogP contribution < -0.4 is 45.1 Å². The van der Waals surface area contributed by atoms with Gasteiger partial charge in [0.05, 0.1) is 17.1 Å². The first-order chi connectivity index (χ1) is 21.3. The van der Waals surface area contributed by atoms with Gasteiger partial charge >= 0.3 is 29.6 Å². The summed E-state index contributed by atoms with van der Waals surface area (Å²) in [4.78, 5) is 24.9. The summed E-state index contributed by atoms with van der Waals surface area (Å²) in [5, 5.41) is 39.8. The molecule has 4 aromatic rings. The van der Waals surface area contributed by atoms with Gasteiger partial charge in [-0.05, 0) is 74.6 Å². The van der Waals surface area contributed by atoms with E-state index < -0.39 is 46.3 Å². The van der Waals surface area contributed by atoms with Crippen LogP contribution >= 0.6 is 0 Å². The Morgan fingerprint density at radius 2 is 1.57 bits per heavy atom. The monoisotopic (exact) mass is 659 g/mol. The fourth-order valence-corrected chi connectivity index (χ4v) is 6.00. The molecule has 0 bridgehead atoms. The van der Waals surface area contributed by atoms with E-state index in [1.54, 1.807) is 12.1 Å². The van der Waals surface area contributed by atoms with Crippen LogP contribution in [0, 0.1) is 5.82 Å². The van der Waals surface area contributed by atoms with E-state index in [2.05, 4.69) is 5.32 Å². The number of sulfonamides is 1.